The topological polar surface area (TPSA) is 64.8 Å². The fourth-order valence-corrected chi connectivity index (χ4v) is 4.01. The lowest BCUT2D eigenvalue weighted by atomic mass is 10.0. The highest BCUT2D eigenvalue weighted by atomic mass is 32.1. The lowest BCUT2D eigenvalue weighted by Gasteiger charge is -2.26. The average molecular weight is 346 g/mol. The number of rotatable bonds is 5. The number of carbonyl (C=O) groups is 1. The van der Waals surface area contributed by atoms with Gasteiger partial charge in [0.05, 0.1) is 19.8 Å². The number of nitrogen functional groups attached to an aromatic ring is 1. The Morgan fingerprint density at radius 1 is 1.29 bits per heavy atom. The quantitative estimate of drug-likeness (QED) is 0.843. The van der Waals surface area contributed by atoms with Gasteiger partial charge in [-0.05, 0) is 12.5 Å². The molecule has 0 spiro atoms. The Morgan fingerprint density at radius 2 is 2.00 bits per heavy atom. The zero-order chi connectivity index (χ0) is 16.9. The molecular weight excluding hydrogens is 324 g/mol. The molecule has 1 fully saturated rings. The number of carbonyl (C=O) groups excluding carboxylic acids is 1. The number of nitrogens with zero attached hydrogens (tertiary/aromatic N) is 1. The van der Waals surface area contributed by atoms with Crippen molar-refractivity contribution in [2.45, 2.75) is 13.5 Å². The van der Waals surface area contributed by atoms with Crippen LogP contribution in [0.5, 0.6) is 0 Å². The second-order valence-electron chi connectivity index (χ2n) is 5.61. The van der Waals surface area contributed by atoms with Crippen LogP contribution in [0.25, 0.3) is 11.1 Å². The number of esters is 1. The highest BCUT2D eigenvalue weighted by Gasteiger charge is 2.25. The van der Waals surface area contributed by atoms with E-state index in [1.165, 1.54) is 11.3 Å². The molecule has 2 N–H and O–H groups in total. The second kappa shape index (κ2) is 7.79. The first-order valence-electron chi connectivity index (χ1n) is 8.14. The monoisotopic (exact) mass is 346 g/mol. The standard InChI is InChI=1S/C18H22N2O3S/c1-2-23-18(21)16-15(13-6-4-3-5-7-13)14(24-17(16)19)12-20-8-10-22-11-9-20/h3-7H,2,8-12,19H2,1H3. The van der Waals surface area contributed by atoms with E-state index in [1.807, 2.05) is 30.3 Å². The number of benzene rings is 1. The Morgan fingerprint density at radius 3 is 2.67 bits per heavy atom. The Hall–Kier alpha value is -1.89. The van der Waals surface area contributed by atoms with Crippen LogP contribution in [-0.4, -0.2) is 43.8 Å². The molecule has 0 saturated carbocycles. The molecule has 24 heavy (non-hydrogen) atoms. The summed E-state index contributed by atoms with van der Waals surface area (Å²) in [5, 5.41) is 0.524. The maximum atomic E-state index is 12.4. The van der Waals surface area contributed by atoms with Gasteiger partial charge in [0.2, 0.25) is 0 Å². The Kier molecular flexibility index (Phi) is 5.50. The van der Waals surface area contributed by atoms with Crippen LogP contribution in [0.15, 0.2) is 30.3 Å². The number of anilines is 1. The lowest BCUT2D eigenvalue weighted by Crippen LogP contribution is -2.35. The summed E-state index contributed by atoms with van der Waals surface area (Å²) in [4.78, 5) is 15.9. The van der Waals surface area contributed by atoms with Crippen molar-refractivity contribution < 1.29 is 14.3 Å². The molecule has 1 aromatic heterocycles. The van der Waals surface area contributed by atoms with Crippen LogP contribution in [0.1, 0.15) is 22.2 Å². The van der Waals surface area contributed by atoms with Gasteiger partial charge in [-0.2, -0.15) is 0 Å². The van der Waals surface area contributed by atoms with Crippen LogP contribution in [0.3, 0.4) is 0 Å². The highest BCUT2D eigenvalue weighted by Crippen LogP contribution is 2.40. The summed E-state index contributed by atoms with van der Waals surface area (Å²) >= 11 is 1.48. The van der Waals surface area contributed by atoms with Crippen LogP contribution in [0.2, 0.25) is 0 Å². The number of nitrogens with two attached hydrogens (primary N) is 1. The molecule has 0 bridgehead atoms. The second-order valence-corrected chi connectivity index (χ2v) is 6.75. The number of ether oxygens (including phenoxy) is 2. The van der Waals surface area contributed by atoms with Gasteiger partial charge in [-0.3, -0.25) is 4.90 Å². The summed E-state index contributed by atoms with van der Waals surface area (Å²) in [5.74, 6) is -0.349. The van der Waals surface area contributed by atoms with Crippen LogP contribution >= 0.6 is 11.3 Å². The summed E-state index contributed by atoms with van der Waals surface area (Å²) in [6, 6.07) is 9.91. The first-order valence-corrected chi connectivity index (χ1v) is 8.96. The predicted molar refractivity (Wildman–Crippen MR) is 96.2 cm³/mol. The van der Waals surface area contributed by atoms with Crippen molar-refractivity contribution in [1.29, 1.82) is 0 Å². The minimum absolute atomic E-state index is 0.334. The number of hydrogen-bond acceptors (Lipinski definition) is 6. The van der Waals surface area contributed by atoms with E-state index in [-0.39, 0.29) is 5.97 Å². The summed E-state index contributed by atoms with van der Waals surface area (Å²) in [7, 11) is 0. The average Bonchev–Trinajstić information content (AvgIpc) is 2.93. The van der Waals surface area contributed by atoms with Gasteiger partial charge in [0.15, 0.2) is 0 Å². The molecule has 0 amide bonds. The largest absolute Gasteiger partial charge is 0.462 e. The zero-order valence-electron chi connectivity index (χ0n) is 13.8. The Bertz CT molecular complexity index is 694. The van der Waals surface area contributed by atoms with Gasteiger partial charge in [-0.1, -0.05) is 30.3 Å². The van der Waals surface area contributed by atoms with Crippen molar-refractivity contribution in [3.63, 3.8) is 0 Å². The van der Waals surface area contributed by atoms with Crippen molar-refractivity contribution in [3.05, 3.63) is 40.8 Å². The number of morpholine rings is 1. The molecule has 128 valence electrons. The fraction of sp³-hybridized carbons (Fsp3) is 0.389. The van der Waals surface area contributed by atoms with Crippen molar-refractivity contribution in [3.8, 4) is 11.1 Å². The van der Waals surface area contributed by atoms with Gasteiger partial charge < -0.3 is 15.2 Å². The van der Waals surface area contributed by atoms with Crippen molar-refractivity contribution in [1.82, 2.24) is 4.90 Å². The molecule has 5 nitrogen and oxygen atoms in total. The molecule has 3 rings (SSSR count). The minimum Gasteiger partial charge on any atom is -0.462 e. The van der Waals surface area contributed by atoms with Gasteiger partial charge in [0.25, 0.3) is 0 Å². The highest BCUT2D eigenvalue weighted by molar-refractivity contribution is 7.17. The third-order valence-corrected chi connectivity index (χ3v) is 5.02. The molecule has 0 aliphatic carbocycles. The Balaban J connectivity index is 2.01. The van der Waals surface area contributed by atoms with E-state index in [0.29, 0.717) is 17.2 Å². The molecule has 1 saturated heterocycles. The molecule has 2 heterocycles. The van der Waals surface area contributed by atoms with Gasteiger partial charge in [0, 0.05) is 30.1 Å². The first kappa shape index (κ1) is 17.0. The summed E-state index contributed by atoms with van der Waals surface area (Å²) in [6.07, 6.45) is 0. The molecule has 0 radical (unpaired) electrons. The third kappa shape index (κ3) is 3.61. The van der Waals surface area contributed by atoms with E-state index in [1.54, 1.807) is 6.92 Å². The van der Waals surface area contributed by atoms with Crippen molar-refractivity contribution in [2.75, 3.05) is 38.6 Å². The predicted octanol–water partition coefficient (Wildman–Crippen LogP) is 3.01. The number of thiophene rings is 1. The van der Waals surface area contributed by atoms with Crippen molar-refractivity contribution >= 4 is 22.3 Å². The molecule has 1 aliphatic heterocycles. The summed E-state index contributed by atoms with van der Waals surface area (Å²) < 4.78 is 10.6. The van der Waals surface area contributed by atoms with E-state index in [2.05, 4.69) is 4.90 Å². The summed E-state index contributed by atoms with van der Waals surface area (Å²) in [6.45, 7) is 6.17. The van der Waals surface area contributed by atoms with Gasteiger partial charge in [-0.25, -0.2) is 4.79 Å². The maximum Gasteiger partial charge on any atom is 0.341 e. The molecule has 2 aromatic rings. The van der Waals surface area contributed by atoms with Crippen molar-refractivity contribution in [2.24, 2.45) is 0 Å². The molecule has 1 aromatic carbocycles. The molecule has 1 aliphatic rings. The van der Waals surface area contributed by atoms with Crippen LogP contribution < -0.4 is 5.73 Å². The first-order chi connectivity index (χ1) is 11.7. The number of hydrogen-bond donors (Lipinski definition) is 1. The fourth-order valence-electron chi connectivity index (χ4n) is 2.89. The molecular formula is C18H22N2O3S. The normalized spacial score (nSPS) is 15.4. The molecule has 0 unspecified atom stereocenters. The van der Waals surface area contributed by atoms with Crippen LogP contribution in [0, 0.1) is 0 Å². The Labute approximate surface area is 146 Å². The summed E-state index contributed by atoms with van der Waals surface area (Å²) in [5.41, 5.74) is 8.59. The minimum atomic E-state index is -0.349. The van der Waals surface area contributed by atoms with Crippen LogP contribution in [0.4, 0.5) is 5.00 Å². The van der Waals surface area contributed by atoms with E-state index >= 15 is 0 Å². The molecule has 6 heteroatoms. The molecule has 0 atom stereocenters. The van der Waals surface area contributed by atoms with E-state index in [9.17, 15) is 4.79 Å². The van der Waals surface area contributed by atoms with E-state index in [0.717, 1.165) is 48.9 Å². The van der Waals surface area contributed by atoms with E-state index < -0.39 is 0 Å². The third-order valence-electron chi connectivity index (χ3n) is 4.02. The van der Waals surface area contributed by atoms with Gasteiger partial charge >= 0.3 is 5.97 Å². The zero-order valence-corrected chi connectivity index (χ0v) is 14.6. The lowest BCUT2D eigenvalue weighted by molar-refractivity contribution is 0.0346. The van der Waals surface area contributed by atoms with Crippen LogP contribution in [-0.2, 0) is 16.0 Å². The maximum absolute atomic E-state index is 12.4. The van der Waals surface area contributed by atoms with Gasteiger partial charge in [0.1, 0.15) is 10.6 Å². The van der Waals surface area contributed by atoms with Gasteiger partial charge in [-0.15, -0.1) is 11.3 Å². The SMILES string of the molecule is CCOC(=O)c1c(N)sc(CN2CCOCC2)c1-c1ccccc1. The van der Waals surface area contributed by atoms with E-state index in [4.69, 9.17) is 15.2 Å². The smallest absolute Gasteiger partial charge is 0.341 e.